The van der Waals surface area contributed by atoms with Gasteiger partial charge in [-0.25, -0.2) is 0 Å². The van der Waals surface area contributed by atoms with Gasteiger partial charge in [-0.3, -0.25) is 0 Å². The second-order valence-electron chi connectivity index (χ2n) is 5.05. The number of rotatable bonds is 8. The molecule has 0 amide bonds. The van der Waals surface area contributed by atoms with Gasteiger partial charge in [0.05, 0.1) is 6.61 Å². The van der Waals surface area contributed by atoms with Gasteiger partial charge in [0.2, 0.25) is 0 Å². The maximum atomic E-state index is 10.1. The van der Waals surface area contributed by atoms with Gasteiger partial charge in [-0.1, -0.05) is 32.3 Å². The summed E-state index contributed by atoms with van der Waals surface area (Å²) in [6.45, 7) is 4.36. The van der Waals surface area contributed by atoms with Crippen LogP contribution < -0.4 is 9.47 Å². The molecule has 1 aliphatic rings. The Labute approximate surface area is 120 Å². The molecule has 1 N–H and O–H groups in total. The van der Waals surface area contributed by atoms with E-state index in [0.29, 0.717) is 32.2 Å². The van der Waals surface area contributed by atoms with Crippen molar-refractivity contribution in [3.05, 3.63) is 23.8 Å². The molecular formula is C16H24O4. The lowest BCUT2D eigenvalue weighted by Gasteiger charge is -2.20. The molecule has 0 saturated carbocycles. The van der Waals surface area contributed by atoms with Crippen molar-refractivity contribution in [2.75, 3.05) is 26.4 Å². The molecule has 4 heteroatoms. The minimum absolute atomic E-state index is 0.325. The molecule has 1 heterocycles. The van der Waals surface area contributed by atoms with E-state index >= 15 is 0 Å². The number of aliphatic hydroxyl groups excluding tert-OH is 1. The summed E-state index contributed by atoms with van der Waals surface area (Å²) in [6.07, 6.45) is 4.10. The zero-order valence-corrected chi connectivity index (χ0v) is 12.1. The minimum atomic E-state index is -0.614. The van der Waals surface area contributed by atoms with Crippen molar-refractivity contribution < 1.29 is 19.3 Å². The van der Waals surface area contributed by atoms with E-state index in [1.807, 2.05) is 18.2 Å². The van der Waals surface area contributed by atoms with Crippen LogP contribution >= 0.6 is 0 Å². The van der Waals surface area contributed by atoms with Crippen LogP contribution in [0.5, 0.6) is 11.5 Å². The molecule has 0 fully saturated rings. The van der Waals surface area contributed by atoms with E-state index in [0.717, 1.165) is 17.7 Å². The van der Waals surface area contributed by atoms with Gasteiger partial charge in [-0.2, -0.15) is 0 Å². The zero-order chi connectivity index (χ0) is 14.2. The molecule has 0 aliphatic carbocycles. The van der Waals surface area contributed by atoms with E-state index < -0.39 is 6.10 Å². The number of ether oxygens (including phenoxy) is 3. The molecule has 20 heavy (non-hydrogen) atoms. The van der Waals surface area contributed by atoms with Crippen LogP contribution in [0.3, 0.4) is 0 Å². The highest BCUT2D eigenvalue weighted by Gasteiger charge is 2.15. The van der Waals surface area contributed by atoms with Gasteiger partial charge in [-0.15, -0.1) is 0 Å². The third-order valence-electron chi connectivity index (χ3n) is 3.37. The number of benzene rings is 1. The van der Waals surface area contributed by atoms with Crippen molar-refractivity contribution in [2.24, 2.45) is 0 Å². The molecule has 0 aromatic heterocycles. The summed E-state index contributed by atoms with van der Waals surface area (Å²) in [6, 6.07) is 5.53. The van der Waals surface area contributed by atoms with Crippen LogP contribution in [-0.2, 0) is 4.74 Å². The van der Waals surface area contributed by atoms with E-state index in [4.69, 9.17) is 14.2 Å². The Hall–Kier alpha value is -1.26. The second kappa shape index (κ2) is 8.12. The Morgan fingerprint density at radius 3 is 2.75 bits per heavy atom. The second-order valence-corrected chi connectivity index (χ2v) is 5.05. The highest BCUT2D eigenvalue weighted by molar-refractivity contribution is 5.44. The van der Waals surface area contributed by atoms with Gasteiger partial charge in [0.1, 0.15) is 19.3 Å². The van der Waals surface area contributed by atoms with E-state index in [-0.39, 0.29) is 0 Å². The molecule has 1 aromatic carbocycles. The van der Waals surface area contributed by atoms with Crippen molar-refractivity contribution in [3.8, 4) is 11.5 Å². The maximum absolute atomic E-state index is 10.1. The predicted molar refractivity (Wildman–Crippen MR) is 77.4 cm³/mol. The van der Waals surface area contributed by atoms with Crippen LogP contribution in [-0.4, -0.2) is 31.5 Å². The number of fused-ring (bicyclic) bond motifs is 1. The first-order valence-corrected chi connectivity index (χ1v) is 7.46. The molecule has 1 aromatic rings. The van der Waals surface area contributed by atoms with E-state index in [1.165, 1.54) is 19.3 Å². The SMILES string of the molecule is CCCCCCOCC(O)c1ccc2c(c1)OCCO2. The lowest BCUT2D eigenvalue weighted by atomic mass is 10.1. The molecule has 0 radical (unpaired) electrons. The fourth-order valence-corrected chi connectivity index (χ4v) is 2.19. The first-order valence-electron chi connectivity index (χ1n) is 7.46. The van der Waals surface area contributed by atoms with Crippen LogP contribution in [0, 0.1) is 0 Å². The standard InChI is InChI=1S/C16H24O4/c1-2-3-4-5-8-18-12-14(17)13-6-7-15-16(11-13)20-10-9-19-15/h6-7,11,14,17H,2-5,8-10,12H2,1H3. The molecule has 2 rings (SSSR count). The highest BCUT2D eigenvalue weighted by atomic mass is 16.6. The highest BCUT2D eigenvalue weighted by Crippen LogP contribution is 2.32. The van der Waals surface area contributed by atoms with Crippen molar-refractivity contribution >= 4 is 0 Å². The first kappa shape index (κ1) is 15.1. The Kier molecular flexibility index (Phi) is 6.15. The normalized spacial score (nSPS) is 15.1. The average Bonchev–Trinajstić information content (AvgIpc) is 2.50. The van der Waals surface area contributed by atoms with Gasteiger partial charge >= 0.3 is 0 Å². The van der Waals surface area contributed by atoms with Gasteiger partial charge in [0.15, 0.2) is 11.5 Å². The molecule has 4 nitrogen and oxygen atoms in total. The fourth-order valence-electron chi connectivity index (χ4n) is 2.19. The van der Waals surface area contributed by atoms with Gasteiger partial charge < -0.3 is 19.3 Å². The van der Waals surface area contributed by atoms with Crippen LogP contribution in [0.2, 0.25) is 0 Å². The molecule has 0 saturated heterocycles. The summed E-state index contributed by atoms with van der Waals surface area (Å²) in [7, 11) is 0. The molecule has 1 aliphatic heterocycles. The van der Waals surface area contributed by atoms with Gasteiger partial charge in [-0.05, 0) is 24.1 Å². The summed E-state index contributed by atoms with van der Waals surface area (Å²) in [4.78, 5) is 0. The number of aliphatic hydroxyl groups is 1. The third-order valence-corrected chi connectivity index (χ3v) is 3.37. The van der Waals surface area contributed by atoms with Crippen LogP contribution in [0.15, 0.2) is 18.2 Å². The van der Waals surface area contributed by atoms with Gasteiger partial charge in [0, 0.05) is 6.61 Å². The summed E-state index contributed by atoms with van der Waals surface area (Å²) in [5.41, 5.74) is 0.808. The Morgan fingerprint density at radius 1 is 1.15 bits per heavy atom. The number of hydrogen-bond acceptors (Lipinski definition) is 4. The van der Waals surface area contributed by atoms with E-state index in [2.05, 4.69) is 6.92 Å². The minimum Gasteiger partial charge on any atom is -0.486 e. The maximum Gasteiger partial charge on any atom is 0.161 e. The average molecular weight is 280 g/mol. The molecule has 0 spiro atoms. The molecular weight excluding hydrogens is 256 g/mol. The smallest absolute Gasteiger partial charge is 0.161 e. The molecule has 112 valence electrons. The van der Waals surface area contributed by atoms with E-state index in [9.17, 15) is 5.11 Å². The van der Waals surface area contributed by atoms with Crippen molar-refractivity contribution in [1.29, 1.82) is 0 Å². The first-order chi connectivity index (χ1) is 9.81. The summed E-state index contributed by atoms with van der Waals surface area (Å²) >= 11 is 0. The fraction of sp³-hybridized carbons (Fsp3) is 0.625. The largest absolute Gasteiger partial charge is 0.486 e. The predicted octanol–water partition coefficient (Wildman–Crippen LogP) is 3.09. The lowest BCUT2D eigenvalue weighted by Crippen LogP contribution is -2.16. The molecule has 1 atom stereocenters. The summed E-state index contributed by atoms with van der Waals surface area (Å²) < 4.78 is 16.5. The van der Waals surface area contributed by atoms with Crippen molar-refractivity contribution in [1.82, 2.24) is 0 Å². The monoisotopic (exact) mass is 280 g/mol. The Balaban J connectivity index is 1.76. The summed E-state index contributed by atoms with van der Waals surface area (Å²) in [5, 5.41) is 10.1. The Morgan fingerprint density at radius 2 is 1.95 bits per heavy atom. The molecule has 1 unspecified atom stereocenters. The van der Waals surface area contributed by atoms with E-state index in [1.54, 1.807) is 0 Å². The number of unbranched alkanes of at least 4 members (excludes halogenated alkanes) is 3. The van der Waals surface area contributed by atoms with Crippen LogP contribution in [0.4, 0.5) is 0 Å². The van der Waals surface area contributed by atoms with Crippen LogP contribution in [0.25, 0.3) is 0 Å². The quantitative estimate of drug-likeness (QED) is 0.743. The van der Waals surface area contributed by atoms with Crippen LogP contribution in [0.1, 0.15) is 44.3 Å². The topological polar surface area (TPSA) is 47.9 Å². The third kappa shape index (κ3) is 4.39. The zero-order valence-electron chi connectivity index (χ0n) is 12.1. The van der Waals surface area contributed by atoms with Crippen molar-refractivity contribution in [2.45, 2.75) is 38.7 Å². The number of hydrogen-bond donors (Lipinski definition) is 1. The summed E-state index contributed by atoms with van der Waals surface area (Å²) in [5.74, 6) is 1.45. The Bertz CT molecular complexity index is 405. The van der Waals surface area contributed by atoms with Crippen molar-refractivity contribution in [3.63, 3.8) is 0 Å². The lowest BCUT2D eigenvalue weighted by molar-refractivity contribution is 0.0342. The van der Waals surface area contributed by atoms with Gasteiger partial charge in [0.25, 0.3) is 0 Å². The molecule has 0 bridgehead atoms.